The van der Waals surface area contributed by atoms with E-state index in [4.69, 9.17) is 0 Å². The second kappa shape index (κ2) is 8.33. The van der Waals surface area contributed by atoms with Gasteiger partial charge in [-0.25, -0.2) is 12.1 Å². The van der Waals surface area contributed by atoms with Crippen molar-refractivity contribution >= 4 is 58.1 Å². The molecule has 4 heteroatoms. The SMILES string of the molecule is [I][Mo]([I])[I].c1cc[cH-]c1. The largest absolute Gasteiger partial charge is 0.214 e. The molecular weight excluding hydrogens is 537 g/mol. The van der Waals surface area contributed by atoms with Crippen LogP contribution in [0.5, 0.6) is 0 Å². The molecular formula is C5H5I3Mo-. The summed E-state index contributed by atoms with van der Waals surface area (Å²) < 4.78 is 0. The zero-order chi connectivity index (χ0) is 7.11. The molecule has 0 amide bonds. The molecule has 0 aliphatic carbocycles. The molecule has 0 N–H and O–H groups in total. The normalized spacial score (nSPS) is 8.44. The number of rotatable bonds is 0. The maximum Gasteiger partial charge on any atom is -0.172 e. The van der Waals surface area contributed by atoms with Crippen LogP contribution in [0.2, 0.25) is 0 Å². The summed E-state index contributed by atoms with van der Waals surface area (Å²) in [5.74, 6) is 0. The predicted molar refractivity (Wildman–Crippen MR) is 64.1 cm³/mol. The molecule has 0 saturated carbocycles. The van der Waals surface area contributed by atoms with Gasteiger partial charge >= 0.3 is 64.3 Å². The van der Waals surface area contributed by atoms with Gasteiger partial charge in [-0.05, 0) is 0 Å². The second-order valence-electron chi connectivity index (χ2n) is 1.14. The van der Waals surface area contributed by atoms with Crippen LogP contribution in [0, 0.1) is 0 Å². The van der Waals surface area contributed by atoms with Crippen LogP contribution in [-0.4, -0.2) is 0 Å². The van der Waals surface area contributed by atoms with E-state index in [0.717, 1.165) is 0 Å². The summed E-state index contributed by atoms with van der Waals surface area (Å²) in [6, 6.07) is 10.0. The monoisotopic (exact) mass is 544 g/mol. The number of hydrogen-bond donors (Lipinski definition) is 0. The molecule has 1 aromatic carbocycles. The third-order valence-corrected chi connectivity index (χ3v) is 0.556. The van der Waals surface area contributed by atoms with Gasteiger partial charge in [-0.2, -0.15) is 18.2 Å². The number of halogens is 3. The van der Waals surface area contributed by atoms with Gasteiger partial charge in [-0.1, -0.05) is 0 Å². The fourth-order valence-electron chi connectivity index (χ4n) is 0.321. The summed E-state index contributed by atoms with van der Waals surface area (Å²) in [5.41, 5.74) is 0. The van der Waals surface area contributed by atoms with Crippen molar-refractivity contribution in [2.75, 3.05) is 0 Å². The van der Waals surface area contributed by atoms with Gasteiger partial charge in [0.25, 0.3) is 0 Å². The first kappa shape index (κ1) is 11.2. The van der Waals surface area contributed by atoms with Gasteiger partial charge in [0.05, 0.1) is 0 Å². The molecule has 0 aliphatic heterocycles. The van der Waals surface area contributed by atoms with Crippen molar-refractivity contribution in [2.45, 2.75) is 0 Å². The Morgan fingerprint density at radius 1 is 1.00 bits per heavy atom. The quantitative estimate of drug-likeness (QED) is 0.264. The van der Waals surface area contributed by atoms with Crippen LogP contribution in [0.1, 0.15) is 0 Å². The van der Waals surface area contributed by atoms with Crippen LogP contribution in [0.25, 0.3) is 0 Å². The summed E-state index contributed by atoms with van der Waals surface area (Å²) in [6.45, 7) is 0. The zero-order valence-corrected chi connectivity index (χ0v) is 12.9. The predicted octanol–water partition coefficient (Wildman–Crippen LogP) is 4.06. The molecule has 0 nitrogen and oxygen atoms in total. The van der Waals surface area contributed by atoms with Crippen LogP contribution >= 0.6 is 58.1 Å². The van der Waals surface area contributed by atoms with E-state index in [2.05, 4.69) is 58.1 Å². The summed E-state index contributed by atoms with van der Waals surface area (Å²) >= 11 is 7.46. The van der Waals surface area contributed by atoms with Crippen molar-refractivity contribution in [1.82, 2.24) is 0 Å². The van der Waals surface area contributed by atoms with Crippen molar-refractivity contribution in [3.63, 3.8) is 0 Å². The average Bonchev–Trinajstić information content (AvgIpc) is 2.11. The van der Waals surface area contributed by atoms with Crippen molar-refractivity contribution in [3.05, 3.63) is 30.3 Å². The third-order valence-electron chi connectivity index (χ3n) is 0.556. The molecule has 53 valence electrons. The summed E-state index contributed by atoms with van der Waals surface area (Å²) in [4.78, 5) is 0. The van der Waals surface area contributed by atoms with Gasteiger partial charge in [0.2, 0.25) is 0 Å². The Kier molecular flexibility index (Phi) is 10.4. The van der Waals surface area contributed by atoms with Crippen molar-refractivity contribution in [3.8, 4) is 0 Å². The van der Waals surface area contributed by atoms with Crippen molar-refractivity contribution < 1.29 is 6.27 Å². The van der Waals surface area contributed by atoms with E-state index in [-0.39, 0.29) is 0 Å². The van der Waals surface area contributed by atoms with E-state index in [1.54, 1.807) is 0 Å². The van der Waals surface area contributed by atoms with Gasteiger partial charge in [-0.3, -0.25) is 0 Å². The molecule has 0 fully saturated rings. The molecule has 0 radical (unpaired) electrons. The van der Waals surface area contributed by atoms with Crippen molar-refractivity contribution in [2.24, 2.45) is 0 Å². The summed E-state index contributed by atoms with van der Waals surface area (Å²) in [7, 11) is 0. The Morgan fingerprint density at radius 3 is 1.44 bits per heavy atom. The maximum absolute atomic E-state index is 2.49. The first-order valence-electron chi connectivity index (χ1n) is 2.13. The molecule has 0 unspecified atom stereocenters. The molecule has 0 atom stereocenters. The Labute approximate surface area is 92.6 Å². The molecule has 9 heavy (non-hydrogen) atoms. The molecule has 0 aromatic heterocycles. The molecule has 0 aliphatic rings. The molecule has 0 heterocycles. The molecule has 0 saturated heterocycles. The maximum atomic E-state index is 2.49. The minimum atomic E-state index is -0.447. The summed E-state index contributed by atoms with van der Waals surface area (Å²) in [5, 5.41) is 0. The van der Waals surface area contributed by atoms with E-state index in [9.17, 15) is 0 Å². The van der Waals surface area contributed by atoms with Crippen LogP contribution < -0.4 is 0 Å². The second-order valence-corrected chi connectivity index (χ2v) is 47.5. The van der Waals surface area contributed by atoms with Gasteiger partial charge in [-0.15, -0.1) is 0 Å². The first-order chi connectivity index (χ1) is 4.23. The first-order valence-corrected chi connectivity index (χ1v) is 20.0. The smallest absolute Gasteiger partial charge is 0.172 e. The molecule has 0 spiro atoms. The van der Waals surface area contributed by atoms with E-state index in [1.165, 1.54) is 0 Å². The average molecular weight is 542 g/mol. The Bertz CT molecular complexity index is 95.8. The van der Waals surface area contributed by atoms with E-state index in [1.807, 2.05) is 30.3 Å². The van der Waals surface area contributed by atoms with Crippen molar-refractivity contribution in [1.29, 1.82) is 0 Å². The van der Waals surface area contributed by atoms with Gasteiger partial charge < -0.3 is 0 Å². The minimum absolute atomic E-state index is 0.447. The van der Waals surface area contributed by atoms with E-state index >= 15 is 0 Å². The molecule has 0 bridgehead atoms. The summed E-state index contributed by atoms with van der Waals surface area (Å²) in [6.07, 6.45) is -0.447. The van der Waals surface area contributed by atoms with E-state index in [0.29, 0.717) is 0 Å². The Morgan fingerprint density at radius 2 is 1.33 bits per heavy atom. The fourth-order valence-corrected chi connectivity index (χ4v) is 0.321. The standard InChI is InChI=1S/C5H5.3HI.Mo/c1-2-4-5-3-1;;;;/h1-5H;3*1H;/q-1;;;;+3/p-3. The molecule has 1 aromatic rings. The minimum Gasteiger partial charge on any atom is -0.214 e. The third kappa shape index (κ3) is 13.3. The zero-order valence-electron chi connectivity index (χ0n) is 4.43. The number of hydrogen-bond acceptors (Lipinski definition) is 0. The fraction of sp³-hybridized carbons (Fsp3) is 0. The Balaban J connectivity index is 0.000000148. The van der Waals surface area contributed by atoms with Gasteiger partial charge in [0, 0.05) is 0 Å². The molecule has 1 rings (SSSR count). The van der Waals surface area contributed by atoms with Gasteiger partial charge in [0.1, 0.15) is 0 Å². The van der Waals surface area contributed by atoms with Crippen LogP contribution in [0.3, 0.4) is 0 Å². The van der Waals surface area contributed by atoms with Crippen LogP contribution in [0.4, 0.5) is 0 Å². The Hall–Kier alpha value is 2.23. The van der Waals surface area contributed by atoms with Crippen LogP contribution in [0.15, 0.2) is 30.3 Å². The van der Waals surface area contributed by atoms with Crippen LogP contribution in [-0.2, 0) is 6.27 Å². The van der Waals surface area contributed by atoms with Gasteiger partial charge in [0.15, 0.2) is 0 Å². The van der Waals surface area contributed by atoms with E-state index < -0.39 is 6.27 Å². The topological polar surface area (TPSA) is 0 Å².